The summed E-state index contributed by atoms with van der Waals surface area (Å²) in [4.78, 5) is 0. The van der Waals surface area contributed by atoms with Gasteiger partial charge in [-0.15, -0.1) is 0 Å². The molecule has 0 bridgehead atoms. The summed E-state index contributed by atoms with van der Waals surface area (Å²) in [5.41, 5.74) is 2.08. The van der Waals surface area contributed by atoms with Crippen LogP contribution in [0, 0.1) is 0 Å². The number of methoxy groups -OCH3 is 1. The highest BCUT2D eigenvalue weighted by Gasteiger charge is 2.10. The topological polar surface area (TPSA) is 38.7 Å². The SMILES string of the molecule is COc1ccc(CCC(O)c2ccccc2)cc1OC(C)C. The van der Waals surface area contributed by atoms with Gasteiger partial charge in [0.25, 0.3) is 0 Å². The van der Waals surface area contributed by atoms with Crippen LogP contribution in [0.5, 0.6) is 11.5 Å². The minimum absolute atomic E-state index is 0.0964. The second kappa shape index (κ2) is 7.85. The number of aliphatic hydroxyl groups is 1. The summed E-state index contributed by atoms with van der Waals surface area (Å²) in [6.45, 7) is 3.98. The van der Waals surface area contributed by atoms with E-state index in [1.54, 1.807) is 7.11 Å². The van der Waals surface area contributed by atoms with Gasteiger partial charge in [-0.25, -0.2) is 0 Å². The third-order valence-corrected chi connectivity index (χ3v) is 3.48. The molecule has 0 spiro atoms. The number of hydrogen-bond donors (Lipinski definition) is 1. The fourth-order valence-electron chi connectivity index (χ4n) is 2.37. The number of rotatable bonds is 7. The molecule has 22 heavy (non-hydrogen) atoms. The van der Waals surface area contributed by atoms with Crippen molar-refractivity contribution in [3.8, 4) is 11.5 Å². The number of ether oxygens (including phenoxy) is 2. The summed E-state index contributed by atoms with van der Waals surface area (Å²) in [5, 5.41) is 10.2. The average molecular weight is 300 g/mol. The highest BCUT2D eigenvalue weighted by molar-refractivity contribution is 5.43. The molecular weight excluding hydrogens is 276 g/mol. The Morgan fingerprint density at radius 3 is 2.36 bits per heavy atom. The predicted molar refractivity (Wildman–Crippen MR) is 88.5 cm³/mol. The molecule has 0 fully saturated rings. The minimum Gasteiger partial charge on any atom is -0.493 e. The summed E-state index contributed by atoms with van der Waals surface area (Å²) in [6, 6.07) is 15.7. The van der Waals surface area contributed by atoms with E-state index >= 15 is 0 Å². The lowest BCUT2D eigenvalue weighted by Crippen LogP contribution is -2.07. The predicted octanol–water partition coefficient (Wildman–Crippen LogP) is 4.15. The van der Waals surface area contributed by atoms with Crippen LogP contribution >= 0.6 is 0 Å². The molecule has 0 aromatic heterocycles. The number of hydrogen-bond acceptors (Lipinski definition) is 3. The average Bonchev–Trinajstić information content (AvgIpc) is 2.53. The van der Waals surface area contributed by atoms with Crippen LogP contribution in [0.3, 0.4) is 0 Å². The first-order valence-corrected chi connectivity index (χ1v) is 7.66. The van der Waals surface area contributed by atoms with Gasteiger partial charge >= 0.3 is 0 Å². The van der Waals surface area contributed by atoms with Crippen LogP contribution in [-0.2, 0) is 6.42 Å². The van der Waals surface area contributed by atoms with Gasteiger partial charge in [0.05, 0.1) is 19.3 Å². The smallest absolute Gasteiger partial charge is 0.161 e. The molecule has 2 rings (SSSR count). The third kappa shape index (κ3) is 4.50. The Kier molecular flexibility index (Phi) is 5.84. The molecular formula is C19H24O3. The van der Waals surface area contributed by atoms with Crippen molar-refractivity contribution >= 4 is 0 Å². The maximum Gasteiger partial charge on any atom is 0.161 e. The molecule has 0 aliphatic rings. The molecule has 2 aromatic carbocycles. The summed E-state index contributed by atoms with van der Waals surface area (Å²) < 4.78 is 11.1. The lowest BCUT2D eigenvalue weighted by atomic mass is 10.0. The van der Waals surface area contributed by atoms with Gasteiger partial charge in [0.2, 0.25) is 0 Å². The molecule has 0 aliphatic heterocycles. The Morgan fingerprint density at radius 1 is 1.00 bits per heavy atom. The van der Waals surface area contributed by atoms with Crippen LogP contribution in [0.25, 0.3) is 0 Å². The highest BCUT2D eigenvalue weighted by atomic mass is 16.5. The number of benzene rings is 2. The second-order valence-electron chi connectivity index (χ2n) is 5.62. The van der Waals surface area contributed by atoms with Gasteiger partial charge in [-0.1, -0.05) is 36.4 Å². The first-order valence-electron chi connectivity index (χ1n) is 7.66. The van der Waals surface area contributed by atoms with Crippen LogP contribution in [0.1, 0.15) is 37.5 Å². The van der Waals surface area contributed by atoms with E-state index in [9.17, 15) is 5.11 Å². The summed E-state index contributed by atoms with van der Waals surface area (Å²) in [7, 11) is 1.64. The molecule has 118 valence electrons. The monoisotopic (exact) mass is 300 g/mol. The van der Waals surface area contributed by atoms with E-state index in [1.807, 2.05) is 62.4 Å². The minimum atomic E-state index is -0.447. The van der Waals surface area contributed by atoms with Crippen molar-refractivity contribution in [2.45, 2.75) is 38.9 Å². The van der Waals surface area contributed by atoms with Crippen molar-refractivity contribution in [1.82, 2.24) is 0 Å². The molecule has 0 heterocycles. The van der Waals surface area contributed by atoms with Crippen LogP contribution in [0.2, 0.25) is 0 Å². The molecule has 3 heteroatoms. The molecule has 0 aliphatic carbocycles. The second-order valence-corrected chi connectivity index (χ2v) is 5.62. The normalized spacial score (nSPS) is 12.2. The van der Waals surface area contributed by atoms with Crippen LogP contribution in [-0.4, -0.2) is 18.3 Å². The van der Waals surface area contributed by atoms with Crippen molar-refractivity contribution in [2.24, 2.45) is 0 Å². The molecule has 0 saturated heterocycles. The zero-order valence-corrected chi connectivity index (χ0v) is 13.5. The first-order chi connectivity index (χ1) is 10.6. The third-order valence-electron chi connectivity index (χ3n) is 3.48. The molecule has 0 radical (unpaired) electrons. The Hall–Kier alpha value is -2.00. The molecule has 2 aromatic rings. The van der Waals surface area contributed by atoms with Gasteiger partial charge in [-0.05, 0) is 49.9 Å². The fraction of sp³-hybridized carbons (Fsp3) is 0.368. The van der Waals surface area contributed by atoms with E-state index in [0.717, 1.165) is 29.0 Å². The zero-order chi connectivity index (χ0) is 15.9. The maximum atomic E-state index is 10.2. The zero-order valence-electron chi connectivity index (χ0n) is 13.5. The highest BCUT2D eigenvalue weighted by Crippen LogP contribution is 2.30. The van der Waals surface area contributed by atoms with E-state index in [-0.39, 0.29) is 6.10 Å². The molecule has 0 amide bonds. The molecule has 3 nitrogen and oxygen atoms in total. The molecule has 0 saturated carbocycles. The van der Waals surface area contributed by atoms with Crippen LogP contribution < -0.4 is 9.47 Å². The molecule has 1 atom stereocenters. The van der Waals surface area contributed by atoms with E-state index in [4.69, 9.17) is 9.47 Å². The lowest BCUT2D eigenvalue weighted by Gasteiger charge is -2.15. The molecule has 1 unspecified atom stereocenters. The van der Waals surface area contributed by atoms with Crippen molar-refractivity contribution in [3.63, 3.8) is 0 Å². The van der Waals surface area contributed by atoms with Crippen LogP contribution in [0.15, 0.2) is 48.5 Å². The maximum absolute atomic E-state index is 10.2. The Morgan fingerprint density at radius 2 is 1.73 bits per heavy atom. The summed E-state index contributed by atoms with van der Waals surface area (Å²) in [5.74, 6) is 1.49. The quantitative estimate of drug-likeness (QED) is 0.835. The van der Waals surface area contributed by atoms with Gasteiger partial charge in [-0.2, -0.15) is 0 Å². The first kappa shape index (κ1) is 16.4. The van der Waals surface area contributed by atoms with Gasteiger partial charge in [0, 0.05) is 0 Å². The molecule has 1 N–H and O–H groups in total. The van der Waals surface area contributed by atoms with E-state index in [1.165, 1.54) is 0 Å². The Bertz CT molecular complexity index is 578. The van der Waals surface area contributed by atoms with E-state index in [2.05, 4.69) is 0 Å². The Labute approximate surface area is 132 Å². The van der Waals surface area contributed by atoms with Crippen LogP contribution in [0.4, 0.5) is 0 Å². The van der Waals surface area contributed by atoms with E-state index < -0.39 is 6.10 Å². The van der Waals surface area contributed by atoms with Crippen molar-refractivity contribution in [1.29, 1.82) is 0 Å². The largest absolute Gasteiger partial charge is 0.493 e. The van der Waals surface area contributed by atoms with E-state index in [0.29, 0.717) is 6.42 Å². The lowest BCUT2D eigenvalue weighted by molar-refractivity contribution is 0.167. The van der Waals surface area contributed by atoms with Crippen molar-refractivity contribution in [2.75, 3.05) is 7.11 Å². The van der Waals surface area contributed by atoms with Gasteiger partial charge < -0.3 is 14.6 Å². The van der Waals surface area contributed by atoms with Crippen molar-refractivity contribution in [3.05, 3.63) is 59.7 Å². The number of aryl methyl sites for hydroxylation is 1. The number of aliphatic hydroxyl groups excluding tert-OH is 1. The standard InChI is InChI=1S/C19H24O3/c1-14(2)22-19-13-15(10-12-18(19)21-3)9-11-17(20)16-7-5-4-6-8-16/h4-8,10,12-14,17,20H,9,11H2,1-3H3. The van der Waals surface area contributed by atoms with Gasteiger partial charge in [-0.3, -0.25) is 0 Å². The summed E-state index contributed by atoms with van der Waals surface area (Å²) in [6.07, 6.45) is 1.11. The fourth-order valence-corrected chi connectivity index (χ4v) is 2.37. The van der Waals surface area contributed by atoms with Crippen molar-refractivity contribution < 1.29 is 14.6 Å². The Balaban J connectivity index is 2.03. The van der Waals surface area contributed by atoms with Gasteiger partial charge in [0.1, 0.15) is 0 Å². The summed E-state index contributed by atoms with van der Waals surface area (Å²) >= 11 is 0. The van der Waals surface area contributed by atoms with Gasteiger partial charge in [0.15, 0.2) is 11.5 Å².